The predicted molar refractivity (Wildman–Crippen MR) is 91.7 cm³/mol. The van der Waals surface area contributed by atoms with Crippen LogP contribution in [0.3, 0.4) is 0 Å². The standard InChI is InChI=1S/C18H23N5O/c1-3-23-11-14(7-16(23)9-19)10-22-6-4-5-15(12-22)17-8-18(24)21-13(2)20-17/h7-8,11,15H,3-6,10,12H2,1-2H3,(H,20,21,24). The molecule has 0 radical (unpaired) electrons. The maximum atomic E-state index is 11.7. The van der Waals surface area contributed by atoms with Gasteiger partial charge >= 0.3 is 0 Å². The van der Waals surface area contributed by atoms with E-state index in [4.69, 9.17) is 0 Å². The van der Waals surface area contributed by atoms with Crippen LogP contribution in [0, 0.1) is 18.3 Å². The number of aromatic nitrogens is 3. The molecule has 0 bridgehead atoms. The SMILES string of the molecule is CCn1cc(CN2CCCC(c3cc(=O)[nH]c(C)n3)C2)cc1C#N. The van der Waals surface area contributed by atoms with Gasteiger partial charge in [0.2, 0.25) is 0 Å². The van der Waals surface area contributed by atoms with Gasteiger partial charge < -0.3 is 9.55 Å². The molecule has 6 heteroatoms. The molecule has 0 aliphatic carbocycles. The summed E-state index contributed by atoms with van der Waals surface area (Å²) in [7, 11) is 0. The molecule has 3 heterocycles. The van der Waals surface area contributed by atoms with Crippen LogP contribution in [0.4, 0.5) is 0 Å². The third-order valence-electron chi connectivity index (χ3n) is 4.62. The first-order chi connectivity index (χ1) is 11.6. The molecule has 126 valence electrons. The van der Waals surface area contributed by atoms with E-state index in [0.29, 0.717) is 17.4 Å². The molecule has 1 aliphatic heterocycles. The molecule has 1 N–H and O–H groups in total. The fourth-order valence-corrected chi connectivity index (χ4v) is 3.52. The Morgan fingerprint density at radius 1 is 1.46 bits per heavy atom. The summed E-state index contributed by atoms with van der Waals surface area (Å²) >= 11 is 0. The first-order valence-electron chi connectivity index (χ1n) is 8.48. The zero-order valence-corrected chi connectivity index (χ0v) is 14.2. The number of H-pyrrole nitrogens is 1. The largest absolute Gasteiger partial charge is 0.339 e. The average Bonchev–Trinajstić information content (AvgIpc) is 2.96. The monoisotopic (exact) mass is 325 g/mol. The van der Waals surface area contributed by atoms with Gasteiger partial charge in [0, 0.05) is 37.8 Å². The molecule has 1 unspecified atom stereocenters. The molecule has 0 saturated carbocycles. The Kier molecular flexibility index (Phi) is 4.81. The molecule has 0 spiro atoms. The van der Waals surface area contributed by atoms with E-state index in [2.05, 4.69) is 27.1 Å². The highest BCUT2D eigenvalue weighted by Crippen LogP contribution is 2.26. The minimum Gasteiger partial charge on any atom is -0.339 e. The van der Waals surface area contributed by atoms with Gasteiger partial charge in [-0.25, -0.2) is 4.98 Å². The van der Waals surface area contributed by atoms with Crippen LogP contribution in [0.15, 0.2) is 23.1 Å². The maximum Gasteiger partial charge on any atom is 0.251 e. The van der Waals surface area contributed by atoms with Crippen molar-refractivity contribution in [2.24, 2.45) is 0 Å². The average molecular weight is 325 g/mol. The quantitative estimate of drug-likeness (QED) is 0.934. The van der Waals surface area contributed by atoms with Crippen LogP contribution >= 0.6 is 0 Å². The number of rotatable bonds is 4. The zero-order valence-electron chi connectivity index (χ0n) is 14.2. The number of nitriles is 1. The van der Waals surface area contributed by atoms with E-state index in [1.165, 1.54) is 5.56 Å². The molecule has 1 fully saturated rings. The Balaban J connectivity index is 1.73. The molecular formula is C18H23N5O. The van der Waals surface area contributed by atoms with E-state index < -0.39 is 0 Å². The van der Waals surface area contributed by atoms with Crippen LogP contribution < -0.4 is 5.56 Å². The van der Waals surface area contributed by atoms with Crippen molar-refractivity contribution < 1.29 is 0 Å². The van der Waals surface area contributed by atoms with Gasteiger partial charge in [0.25, 0.3) is 5.56 Å². The number of hydrogen-bond donors (Lipinski definition) is 1. The summed E-state index contributed by atoms with van der Waals surface area (Å²) in [6.07, 6.45) is 4.22. The van der Waals surface area contributed by atoms with E-state index in [1.54, 1.807) is 6.07 Å². The molecule has 1 aliphatic rings. The highest BCUT2D eigenvalue weighted by Gasteiger charge is 2.23. The second kappa shape index (κ2) is 7.02. The van der Waals surface area contributed by atoms with E-state index in [-0.39, 0.29) is 5.56 Å². The third-order valence-corrected chi connectivity index (χ3v) is 4.62. The minimum atomic E-state index is -0.0756. The summed E-state index contributed by atoms with van der Waals surface area (Å²) < 4.78 is 1.98. The second-order valence-electron chi connectivity index (χ2n) is 6.46. The van der Waals surface area contributed by atoms with E-state index in [1.807, 2.05) is 24.5 Å². The lowest BCUT2D eigenvalue weighted by molar-refractivity contribution is 0.198. The summed E-state index contributed by atoms with van der Waals surface area (Å²) in [6.45, 7) is 7.44. The van der Waals surface area contributed by atoms with E-state index >= 15 is 0 Å². The third kappa shape index (κ3) is 3.57. The van der Waals surface area contributed by atoms with Crippen LogP contribution in [0.25, 0.3) is 0 Å². The Hall–Kier alpha value is -2.39. The molecule has 24 heavy (non-hydrogen) atoms. The number of likely N-dealkylation sites (tertiary alicyclic amines) is 1. The van der Waals surface area contributed by atoms with E-state index in [0.717, 1.165) is 44.7 Å². The Bertz CT molecular complexity index is 814. The number of aromatic amines is 1. The highest BCUT2D eigenvalue weighted by molar-refractivity contribution is 5.28. The van der Waals surface area contributed by atoms with E-state index in [9.17, 15) is 10.1 Å². The van der Waals surface area contributed by atoms with Crippen molar-refractivity contribution in [3.8, 4) is 6.07 Å². The Morgan fingerprint density at radius 2 is 2.29 bits per heavy atom. The molecule has 0 aromatic carbocycles. The fourth-order valence-electron chi connectivity index (χ4n) is 3.52. The lowest BCUT2D eigenvalue weighted by Gasteiger charge is -2.32. The molecule has 3 rings (SSSR count). The summed E-state index contributed by atoms with van der Waals surface area (Å²) in [5, 5.41) is 9.19. The van der Waals surface area contributed by atoms with Crippen molar-refractivity contribution in [1.29, 1.82) is 5.26 Å². The molecule has 2 aromatic heterocycles. The molecule has 0 amide bonds. The lowest BCUT2D eigenvalue weighted by Crippen LogP contribution is -2.34. The number of aryl methyl sites for hydroxylation is 2. The number of nitrogens with zero attached hydrogens (tertiary/aromatic N) is 4. The number of nitrogens with one attached hydrogen (secondary N) is 1. The number of hydrogen-bond acceptors (Lipinski definition) is 4. The number of piperidine rings is 1. The minimum absolute atomic E-state index is 0.0756. The van der Waals surface area contributed by atoms with Gasteiger partial charge in [-0.15, -0.1) is 0 Å². The first-order valence-corrected chi connectivity index (χ1v) is 8.48. The van der Waals surface area contributed by atoms with Crippen LogP contribution in [-0.2, 0) is 13.1 Å². The molecule has 1 atom stereocenters. The summed E-state index contributed by atoms with van der Waals surface area (Å²) in [5.74, 6) is 0.969. The molecule has 6 nitrogen and oxygen atoms in total. The van der Waals surface area contributed by atoms with Gasteiger partial charge in [0.1, 0.15) is 17.6 Å². The molecule has 2 aromatic rings. The van der Waals surface area contributed by atoms with Crippen molar-refractivity contribution in [1.82, 2.24) is 19.4 Å². The Labute approximate surface area is 141 Å². The van der Waals surface area contributed by atoms with Crippen LogP contribution in [0.2, 0.25) is 0 Å². The highest BCUT2D eigenvalue weighted by atomic mass is 16.1. The van der Waals surface area contributed by atoms with Gasteiger partial charge in [-0.3, -0.25) is 9.69 Å². The molecular weight excluding hydrogens is 302 g/mol. The Morgan fingerprint density at radius 3 is 2.96 bits per heavy atom. The smallest absolute Gasteiger partial charge is 0.251 e. The lowest BCUT2D eigenvalue weighted by atomic mass is 9.94. The summed E-state index contributed by atoms with van der Waals surface area (Å²) in [6, 6.07) is 5.85. The van der Waals surface area contributed by atoms with Crippen molar-refractivity contribution in [2.45, 2.75) is 45.7 Å². The van der Waals surface area contributed by atoms with Crippen molar-refractivity contribution in [2.75, 3.05) is 13.1 Å². The maximum absolute atomic E-state index is 11.7. The summed E-state index contributed by atoms with van der Waals surface area (Å²) in [4.78, 5) is 21.3. The topological polar surface area (TPSA) is 77.7 Å². The molecule has 1 saturated heterocycles. The zero-order chi connectivity index (χ0) is 17.1. The van der Waals surface area contributed by atoms with Gasteiger partial charge in [-0.2, -0.15) is 5.26 Å². The normalized spacial score (nSPS) is 18.5. The van der Waals surface area contributed by atoms with Gasteiger partial charge in [0.05, 0.1) is 5.69 Å². The second-order valence-corrected chi connectivity index (χ2v) is 6.46. The van der Waals surface area contributed by atoms with Gasteiger partial charge in [0.15, 0.2) is 0 Å². The van der Waals surface area contributed by atoms with Crippen molar-refractivity contribution in [3.05, 3.63) is 51.5 Å². The van der Waals surface area contributed by atoms with Crippen LogP contribution in [-0.4, -0.2) is 32.5 Å². The van der Waals surface area contributed by atoms with Gasteiger partial charge in [-0.05, 0) is 44.9 Å². The van der Waals surface area contributed by atoms with Crippen molar-refractivity contribution in [3.63, 3.8) is 0 Å². The van der Waals surface area contributed by atoms with Crippen molar-refractivity contribution >= 4 is 0 Å². The fraction of sp³-hybridized carbons (Fsp3) is 0.500. The van der Waals surface area contributed by atoms with Gasteiger partial charge in [-0.1, -0.05) is 0 Å². The van der Waals surface area contributed by atoms with Crippen LogP contribution in [0.1, 0.15) is 48.5 Å². The summed E-state index contributed by atoms with van der Waals surface area (Å²) in [5.41, 5.74) is 2.70. The predicted octanol–water partition coefficient (Wildman–Crippen LogP) is 2.15. The first kappa shape index (κ1) is 16.5. The van der Waals surface area contributed by atoms with Crippen LogP contribution in [0.5, 0.6) is 0 Å².